The van der Waals surface area contributed by atoms with E-state index in [1.165, 1.54) is 0 Å². The first-order valence-electron chi connectivity index (χ1n) is 6.39. The van der Waals surface area contributed by atoms with Gasteiger partial charge in [0.25, 0.3) is 5.91 Å². The second-order valence-electron chi connectivity index (χ2n) is 4.78. The zero-order valence-corrected chi connectivity index (χ0v) is 13.8. The van der Waals surface area contributed by atoms with E-state index in [0.717, 1.165) is 4.90 Å². The lowest BCUT2D eigenvalue weighted by Gasteiger charge is -2.36. The molecule has 1 aromatic carbocycles. The lowest BCUT2D eigenvalue weighted by Crippen LogP contribution is -2.49. The maximum atomic E-state index is 12.6. The van der Waals surface area contributed by atoms with Gasteiger partial charge in [-0.25, -0.2) is 0 Å². The van der Waals surface area contributed by atoms with Crippen LogP contribution in [0, 0.1) is 0 Å². The lowest BCUT2D eigenvalue weighted by molar-refractivity contribution is -0.0570. The molecule has 1 heterocycles. The maximum absolute atomic E-state index is 12.6. The van der Waals surface area contributed by atoms with Crippen LogP contribution in [-0.2, 0) is 4.74 Å². The molecule has 2 atom stereocenters. The van der Waals surface area contributed by atoms with E-state index in [9.17, 15) is 4.79 Å². The molecule has 2 unspecified atom stereocenters. The number of halogens is 2. The van der Waals surface area contributed by atoms with Gasteiger partial charge in [-0.2, -0.15) is 0 Å². The lowest BCUT2D eigenvalue weighted by atomic mass is 10.1. The van der Waals surface area contributed by atoms with Gasteiger partial charge in [0.2, 0.25) is 0 Å². The molecule has 0 radical (unpaired) electrons. The van der Waals surface area contributed by atoms with Gasteiger partial charge >= 0.3 is 0 Å². The Morgan fingerprint density at radius 1 is 1.50 bits per heavy atom. The summed E-state index contributed by atoms with van der Waals surface area (Å²) in [6.45, 7) is 3.01. The predicted molar refractivity (Wildman–Crippen MR) is 84.2 cm³/mol. The Bertz CT molecular complexity index is 498. The summed E-state index contributed by atoms with van der Waals surface area (Å²) >= 11 is 13.6. The fraction of sp³-hybridized carbons (Fsp3) is 0.500. The normalized spacial score (nSPS) is 22.9. The quantitative estimate of drug-likeness (QED) is 0.626. The van der Waals surface area contributed by atoms with Crippen LogP contribution in [0.15, 0.2) is 23.1 Å². The Labute approximate surface area is 133 Å². The van der Waals surface area contributed by atoms with Crippen molar-refractivity contribution >= 4 is 40.9 Å². The Kier molecular flexibility index (Phi) is 5.61. The standard InChI is InChI=1S/C14H17Cl2NO2S/c1-9-7-17(8-10(6-15)19-9)14(18)12-5-11(20-2)3-4-13(12)16/h3-5,9-10H,6-8H2,1-2H3. The fourth-order valence-corrected chi connectivity index (χ4v) is 3.07. The Morgan fingerprint density at radius 3 is 2.90 bits per heavy atom. The smallest absolute Gasteiger partial charge is 0.255 e. The zero-order valence-electron chi connectivity index (χ0n) is 11.4. The predicted octanol–water partition coefficient (Wildman–Crippen LogP) is 3.53. The molecule has 1 saturated heterocycles. The number of thioether (sulfide) groups is 1. The van der Waals surface area contributed by atoms with Crippen molar-refractivity contribution in [1.29, 1.82) is 0 Å². The van der Waals surface area contributed by atoms with E-state index in [4.69, 9.17) is 27.9 Å². The van der Waals surface area contributed by atoms with Gasteiger partial charge in [0.05, 0.1) is 28.7 Å². The topological polar surface area (TPSA) is 29.5 Å². The van der Waals surface area contributed by atoms with Crippen molar-refractivity contribution in [2.24, 2.45) is 0 Å². The van der Waals surface area contributed by atoms with Crippen LogP contribution in [-0.4, -0.2) is 48.2 Å². The molecule has 20 heavy (non-hydrogen) atoms. The summed E-state index contributed by atoms with van der Waals surface area (Å²) in [7, 11) is 0. The van der Waals surface area contributed by atoms with Crippen LogP contribution in [0.4, 0.5) is 0 Å². The molecule has 0 bridgehead atoms. The minimum atomic E-state index is -0.119. The summed E-state index contributed by atoms with van der Waals surface area (Å²) in [6, 6.07) is 5.52. The van der Waals surface area contributed by atoms with Crippen molar-refractivity contribution in [2.45, 2.75) is 24.0 Å². The SMILES string of the molecule is CSc1ccc(Cl)c(C(=O)N2CC(C)OC(CCl)C2)c1. The van der Waals surface area contributed by atoms with Gasteiger partial charge in [-0.3, -0.25) is 4.79 Å². The highest BCUT2D eigenvalue weighted by Crippen LogP contribution is 2.25. The van der Waals surface area contributed by atoms with Gasteiger partial charge in [0.1, 0.15) is 0 Å². The Balaban J connectivity index is 2.22. The molecule has 1 amide bonds. The van der Waals surface area contributed by atoms with Gasteiger partial charge in [-0.15, -0.1) is 23.4 Å². The van der Waals surface area contributed by atoms with E-state index in [0.29, 0.717) is 29.6 Å². The average Bonchev–Trinajstić information content (AvgIpc) is 2.46. The van der Waals surface area contributed by atoms with Crippen molar-refractivity contribution in [2.75, 3.05) is 25.2 Å². The molecule has 1 fully saturated rings. The highest BCUT2D eigenvalue weighted by atomic mass is 35.5. The van der Waals surface area contributed by atoms with Crippen LogP contribution in [0.5, 0.6) is 0 Å². The summed E-state index contributed by atoms with van der Waals surface area (Å²) in [5, 5.41) is 0.481. The second kappa shape index (κ2) is 7.03. The average molecular weight is 334 g/mol. The van der Waals surface area contributed by atoms with Crippen molar-refractivity contribution in [3.63, 3.8) is 0 Å². The first kappa shape index (κ1) is 16.0. The van der Waals surface area contributed by atoms with E-state index in [2.05, 4.69) is 0 Å². The maximum Gasteiger partial charge on any atom is 0.255 e. The van der Waals surface area contributed by atoms with Crippen LogP contribution < -0.4 is 0 Å². The van der Waals surface area contributed by atoms with Gasteiger partial charge in [0.15, 0.2) is 0 Å². The number of hydrogen-bond donors (Lipinski definition) is 0. The molecular weight excluding hydrogens is 317 g/mol. The Morgan fingerprint density at radius 2 is 2.25 bits per heavy atom. The van der Waals surface area contributed by atoms with Crippen molar-refractivity contribution in [3.8, 4) is 0 Å². The molecule has 110 valence electrons. The number of carbonyl (C=O) groups excluding carboxylic acids is 1. The molecule has 0 aromatic heterocycles. The molecule has 3 nitrogen and oxygen atoms in total. The third-order valence-corrected chi connectivity index (χ3v) is 4.59. The third-order valence-electron chi connectivity index (χ3n) is 3.19. The highest BCUT2D eigenvalue weighted by molar-refractivity contribution is 7.98. The molecule has 0 saturated carbocycles. The van der Waals surface area contributed by atoms with Crippen LogP contribution in [0.1, 0.15) is 17.3 Å². The van der Waals surface area contributed by atoms with Crippen molar-refractivity contribution < 1.29 is 9.53 Å². The number of benzene rings is 1. The summed E-state index contributed by atoms with van der Waals surface area (Å²) in [5.74, 6) is 0.323. The van der Waals surface area contributed by atoms with Gasteiger partial charge in [0, 0.05) is 18.0 Å². The van der Waals surface area contributed by atoms with Crippen molar-refractivity contribution in [3.05, 3.63) is 28.8 Å². The summed E-state index contributed by atoms with van der Waals surface area (Å²) in [5.41, 5.74) is 0.543. The molecule has 1 aliphatic rings. The van der Waals surface area contributed by atoms with Crippen LogP contribution >= 0.6 is 35.0 Å². The largest absolute Gasteiger partial charge is 0.370 e. The minimum Gasteiger partial charge on any atom is -0.370 e. The molecule has 0 spiro atoms. The number of morpholine rings is 1. The van der Waals surface area contributed by atoms with E-state index in [1.807, 2.05) is 25.3 Å². The second-order valence-corrected chi connectivity index (χ2v) is 6.37. The molecule has 2 rings (SSSR count). The van der Waals surface area contributed by atoms with E-state index < -0.39 is 0 Å². The molecule has 0 N–H and O–H groups in total. The molecule has 0 aliphatic carbocycles. The first-order valence-corrected chi connectivity index (χ1v) is 8.53. The number of nitrogens with zero attached hydrogens (tertiary/aromatic N) is 1. The molecule has 6 heteroatoms. The fourth-order valence-electron chi connectivity index (χ4n) is 2.26. The first-order chi connectivity index (χ1) is 9.55. The van der Waals surface area contributed by atoms with Gasteiger partial charge in [-0.1, -0.05) is 11.6 Å². The highest BCUT2D eigenvalue weighted by Gasteiger charge is 2.29. The van der Waals surface area contributed by atoms with E-state index in [-0.39, 0.29) is 18.1 Å². The van der Waals surface area contributed by atoms with E-state index >= 15 is 0 Å². The molecular formula is C14H17Cl2NO2S. The van der Waals surface area contributed by atoms with Crippen molar-refractivity contribution in [1.82, 2.24) is 4.90 Å². The summed E-state index contributed by atoms with van der Waals surface area (Å²) in [6.07, 6.45) is 1.84. The number of hydrogen-bond acceptors (Lipinski definition) is 3. The molecule has 1 aliphatic heterocycles. The zero-order chi connectivity index (χ0) is 14.7. The van der Waals surface area contributed by atoms with Gasteiger partial charge < -0.3 is 9.64 Å². The number of rotatable bonds is 3. The monoisotopic (exact) mass is 333 g/mol. The summed E-state index contributed by atoms with van der Waals surface area (Å²) < 4.78 is 5.66. The van der Waals surface area contributed by atoms with Gasteiger partial charge in [-0.05, 0) is 31.4 Å². The molecule has 1 aromatic rings. The third kappa shape index (κ3) is 3.61. The number of alkyl halides is 1. The minimum absolute atomic E-state index is 0.0149. The Hall–Kier alpha value is -0.420. The van der Waals surface area contributed by atoms with Crippen LogP contribution in [0.2, 0.25) is 5.02 Å². The summed E-state index contributed by atoms with van der Waals surface area (Å²) in [4.78, 5) is 15.4. The van der Waals surface area contributed by atoms with E-state index in [1.54, 1.807) is 22.7 Å². The number of amides is 1. The van der Waals surface area contributed by atoms with Crippen LogP contribution in [0.3, 0.4) is 0 Å². The van der Waals surface area contributed by atoms with Crippen LogP contribution in [0.25, 0.3) is 0 Å². The number of ether oxygens (including phenoxy) is 1. The number of carbonyl (C=O) groups is 1.